The lowest BCUT2D eigenvalue weighted by Gasteiger charge is -2.12. The van der Waals surface area contributed by atoms with E-state index < -0.39 is 0 Å². The molecular weight excluding hydrogens is 266 g/mol. The van der Waals surface area contributed by atoms with Gasteiger partial charge in [0.1, 0.15) is 0 Å². The van der Waals surface area contributed by atoms with Crippen molar-refractivity contribution in [3.63, 3.8) is 0 Å². The highest BCUT2D eigenvalue weighted by Gasteiger charge is 2.06. The molecule has 0 aliphatic carbocycles. The van der Waals surface area contributed by atoms with Crippen molar-refractivity contribution in [3.05, 3.63) is 34.9 Å². The minimum atomic E-state index is 0.114. The van der Waals surface area contributed by atoms with E-state index in [4.69, 9.17) is 11.6 Å². The number of halogens is 1. The second kappa shape index (κ2) is 8.44. The summed E-state index contributed by atoms with van der Waals surface area (Å²) in [6.07, 6.45) is 2.13. The Morgan fingerprint density at radius 2 is 2.28 bits per heavy atom. The first-order chi connectivity index (χ1) is 8.61. The maximum atomic E-state index is 11.6. The van der Waals surface area contributed by atoms with Crippen LogP contribution in [0.3, 0.4) is 0 Å². The molecule has 0 unspecified atom stereocenters. The fourth-order valence-electron chi connectivity index (χ4n) is 1.71. The summed E-state index contributed by atoms with van der Waals surface area (Å²) in [6, 6.07) is 8.02. The average molecular weight is 286 g/mol. The van der Waals surface area contributed by atoms with Crippen LogP contribution in [0.15, 0.2) is 24.3 Å². The summed E-state index contributed by atoms with van der Waals surface area (Å²) in [5.41, 5.74) is 1.15. The number of carbonyl (C=O) groups is 1. The Bertz CT molecular complexity index is 384. The second-order valence-electron chi connectivity index (χ2n) is 4.38. The predicted octanol–water partition coefficient (Wildman–Crippen LogP) is 3.88. The molecular formula is C14H20ClNOS. The molecule has 2 nitrogen and oxygen atoms in total. The Hall–Kier alpha value is -0.670. The van der Waals surface area contributed by atoms with Gasteiger partial charge in [0.2, 0.25) is 5.91 Å². The SMILES string of the molecule is CCC[C@H](C)NC(=O)CSCc1cccc(Cl)c1. The number of nitrogens with one attached hydrogen (secondary N) is 1. The third-order valence-electron chi connectivity index (χ3n) is 2.52. The van der Waals surface area contributed by atoms with Gasteiger partial charge in [0, 0.05) is 16.8 Å². The highest BCUT2D eigenvalue weighted by Crippen LogP contribution is 2.16. The number of hydrogen-bond donors (Lipinski definition) is 1. The summed E-state index contributed by atoms with van der Waals surface area (Å²) in [5.74, 6) is 1.43. The Labute approximate surface area is 118 Å². The Morgan fingerprint density at radius 1 is 1.50 bits per heavy atom. The highest BCUT2D eigenvalue weighted by atomic mass is 35.5. The van der Waals surface area contributed by atoms with E-state index in [1.807, 2.05) is 31.2 Å². The molecule has 0 radical (unpaired) electrons. The van der Waals surface area contributed by atoms with Crippen LogP contribution in [-0.4, -0.2) is 17.7 Å². The van der Waals surface area contributed by atoms with E-state index in [2.05, 4.69) is 12.2 Å². The van der Waals surface area contributed by atoms with Crippen LogP contribution in [0.5, 0.6) is 0 Å². The summed E-state index contributed by atoms with van der Waals surface area (Å²) in [6.45, 7) is 4.17. The van der Waals surface area contributed by atoms with Gasteiger partial charge in [-0.25, -0.2) is 0 Å². The van der Waals surface area contributed by atoms with Gasteiger partial charge in [-0.05, 0) is 31.0 Å². The third kappa shape index (κ3) is 6.31. The smallest absolute Gasteiger partial charge is 0.230 e. The minimum absolute atomic E-state index is 0.114. The Kier molecular flexibility index (Phi) is 7.21. The first kappa shape index (κ1) is 15.4. The Balaban J connectivity index is 2.23. The van der Waals surface area contributed by atoms with Crippen LogP contribution < -0.4 is 5.32 Å². The van der Waals surface area contributed by atoms with Crippen LogP contribution in [0.1, 0.15) is 32.3 Å². The normalized spacial score (nSPS) is 12.2. The van der Waals surface area contributed by atoms with E-state index in [-0.39, 0.29) is 11.9 Å². The van der Waals surface area contributed by atoms with Crippen molar-refractivity contribution >= 4 is 29.3 Å². The lowest BCUT2D eigenvalue weighted by Crippen LogP contribution is -2.33. The molecule has 0 heterocycles. The van der Waals surface area contributed by atoms with Crippen molar-refractivity contribution in [1.82, 2.24) is 5.32 Å². The lowest BCUT2D eigenvalue weighted by atomic mass is 10.2. The van der Waals surface area contributed by atoms with Crippen molar-refractivity contribution in [2.45, 2.75) is 38.5 Å². The molecule has 0 spiro atoms. The molecule has 0 aliphatic rings. The van der Waals surface area contributed by atoms with Crippen LogP contribution in [0.2, 0.25) is 5.02 Å². The number of thioether (sulfide) groups is 1. The molecule has 0 saturated heterocycles. The number of rotatable bonds is 7. The van der Waals surface area contributed by atoms with Gasteiger partial charge in [0.15, 0.2) is 0 Å². The predicted molar refractivity (Wildman–Crippen MR) is 80.1 cm³/mol. The molecule has 1 atom stereocenters. The summed E-state index contributed by atoms with van der Waals surface area (Å²) in [4.78, 5) is 11.6. The standard InChI is InChI=1S/C14H20ClNOS/c1-3-5-11(2)16-14(17)10-18-9-12-6-4-7-13(15)8-12/h4,6-8,11H,3,5,9-10H2,1-2H3,(H,16,17)/t11-/m0/s1. The molecule has 0 saturated carbocycles. The fraction of sp³-hybridized carbons (Fsp3) is 0.500. The maximum absolute atomic E-state index is 11.6. The van der Waals surface area contributed by atoms with E-state index in [1.54, 1.807) is 11.8 Å². The van der Waals surface area contributed by atoms with Crippen LogP contribution >= 0.6 is 23.4 Å². The molecule has 1 amide bonds. The van der Waals surface area contributed by atoms with Crippen molar-refractivity contribution in [3.8, 4) is 0 Å². The van der Waals surface area contributed by atoms with Gasteiger partial charge in [0.05, 0.1) is 5.75 Å². The molecule has 18 heavy (non-hydrogen) atoms. The molecule has 1 N–H and O–H groups in total. The van der Waals surface area contributed by atoms with Gasteiger partial charge in [-0.3, -0.25) is 4.79 Å². The third-order valence-corrected chi connectivity index (χ3v) is 3.76. The van der Waals surface area contributed by atoms with Crippen molar-refractivity contribution in [2.75, 3.05) is 5.75 Å². The van der Waals surface area contributed by atoms with Gasteiger partial charge in [-0.15, -0.1) is 11.8 Å². The first-order valence-corrected chi connectivity index (χ1v) is 7.76. The van der Waals surface area contributed by atoms with E-state index in [1.165, 1.54) is 0 Å². The van der Waals surface area contributed by atoms with E-state index in [9.17, 15) is 4.79 Å². The molecule has 1 rings (SSSR count). The highest BCUT2D eigenvalue weighted by molar-refractivity contribution is 7.99. The Morgan fingerprint density at radius 3 is 2.94 bits per heavy atom. The zero-order chi connectivity index (χ0) is 13.4. The number of carbonyl (C=O) groups excluding carboxylic acids is 1. The number of benzene rings is 1. The summed E-state index contributed by atoms with van der Waals surface area (Å²) >= 11 is 7.51. The van der Waals surface area contributed by atoms with Crippen LogP contribution in [-0.2, 0) is 10.5 Å². The first-order valence-electron chi connectivity index (χ1n) is 6.23. The molecule has 0 aliphatic heterocycles. The van der Waals surface area contributed by atoms with E-state index in [0.717, 1.165) is 29.2 Å². The molecule has 100 valence electrons. The number of hydrogen-bond acceptors (Lipinski definition) is 2. The van der Waals surface area contributed by atoms with Gasteiger partial charge < -0.3 is 5.32 Å². The minimum Gasteiger partial charge on any atom is -0.353 e. The maximum Gasteiger partial charge on any atom is 0.230 e. The number of amides is 1. The van der Waals surface area contributed by atoms with Gasteiger partial charge in [-0.1, -0.05) is 37.1 Å². The zero-order valence-electron chi connectivity index (χ0n) is 10.9. The molecule has 0 bridgehead atoms. The molecule has 1 aromatic rings. The van der Waals surface area contributed by atoms with Gasteiger partial charge >= 0.3 is 0 Å². The summed E-state index contributed by atoms with van der Waals surface area (Å²) < 4.78 is 0. The molecule has 0 aromatic heterocycles. The van der Waals surface area contributed by atoms with Gasteiger partial charge in [0.25, 0.3) is 0 Å². The van der Waals surface area contributed by atoms with Crippen molar-refractivity contribution < 1.29 is 4.79 Å². The topological polar surface area (TPSA) is 29.1 Å². The molecule has 1 aromatic carbocycles. The molecule has 0 fully saturated rings. The zero-order valence-corrected chi connectivity index (χ0v) is 12.5. The van der Waals surface area contributed by atoms with Crippen LogP contribution in [0.4, 0.5) is 0 Å². The van der Waals surface area contributed by atoms with Gasteiger partial charge in [-0.2, -0.15) is 0 Å². The van der Waals surface area contributed by atoms with Crippen LogP contribution in [0, 0.1) is 0 Å². The van der Waals surface area contributed by atoms with E-state index in [0.29, 0.717) is 5.75 Å². The molecule has 4 heteroatoms. The second-order valence-corrected chi connectivity index (χ2v) is 5.80. The fourth-order valence-corrected chi connectivity index (χ4v) is 2.71. The van der Waals surface area contributed by atoms with Crippen LogP contribution in [0.25, 0.3) is 0 Å². The summed E-state index contributed by atoms with van der Waals surface area (Å²) in [7, 11) is 0. The average Bonchev–Trinajstić information content (AvgIpc) is 2.29. The monoisotopic (exact) mass is 285 g/mol. The van der Waals surface area contributed by atoms with Crippen molar-refractivity contribution in [2.24, 2.45) is 0 Å². The largest absolute Gasteiger partial charge is 0.353 e. The summed E-state index contributed by atoms with van der Waals surface area (Å²) in [5, 5.41) is 3.74. The van der Waals surface area contributed by atoms with E-state index >= 15 is 0 Å². The lowest BCUT2D eigenvalue weighted by molar-refractivity contribution is -0.119. The van der Waals surface area contributed by atoms with Crippen molar-refractivity contribution in [1.29, 1.82) is 0 Å². The quantitative estimate of drug-likeness (QED) is 0.824.